The summed E-state index contributed by atoms with van der Waals surface area (Å²) in [4.78, 5) is 36.9. The summed E-state index contributed by atoms with van der Waals surface area (Å²) < 4.78 is 16.3. The van der Waals surface area contributed by atoms with Crippen molar-refractivity contribution in [2.24, 2.45) is 0 Å². The highest BCUT2D eigenvalue weighted by atomic mass is 16.6. The van der Waals surface area contributed by atoms with Gasteiger partial charge >= 0.3 is 17.9 Å². The van der Waals surface area contributed by atoms with E-state index >= 15 is 0 Å². The second-order valence-electron chi connectivity index (χ2n) is 11.4. The summed E-state index contributed by atoms with van der Waals surface area (Å²) in [5, 5.41) is 0. The molecule has 0 radical (unpaired) electrons. The molecule has 256 valence electrons. The molecule has 0 aliphatic rings. The Morgan fingerprint density at radius 1 is 0.467 bits per heavy atom. The molecule has 0 saturated heterocycles. The lowest BCUT2D eigenvalue weighted by Gasteiger charge is -2.18. The van der Waals surface area contributed by atoms with Crippen molar-refractivity contribution in [2.75, 3.05) is 13.2 Å². The SMILES string of the molecule is CC/C=C\C/C=C\C/C=C\C/C=C\C/C=C\CCCC(=O)OCC(COC(=O)CCCCCCC)OC(=O)CCCCCCC. The van der Waals surface area contributed by atoms with Gasteiger partial charge in [-0.2, -0.15) is 0 Å². The number of rotatable bonds is 30. The molecule has 0 aromatic carbocycles. The molecule has 6 heteroatoms. The largest absolute Gasteiger partial charge is 0.462 e. The first-order valence-corrected chi connectivity index (χ1v) is 17.8. The second kappa shape index (κ2) is 34.0. The second-order valence-corrected chi connectivity index (χ2v) is 11.4. The van der Waals surface area contributed by atoms with Crippen molar-refractivity contribution in [1.82, 2.24) is 0 Å². The molecular weight excluding hydrogens is 564 g/mol. The highest BCUT2D eigenvalue weighted by Crippen LogP contribution is 2.10. The third-order valence-corrected chi connectivity index (χ3v) is 7.04. The van der Waals surface area contributed by atoms with Crippen LogP contribution < -0.4 is 0 Å². The maximum Gasteiger partial charge on any atom is 0.306 e. The van der Waals surface area contributed by atoms with Crippen molar-refractivity contribution in [2.45, 2.75) is 155 Å². The van der Waals surface area contributed by atoms with E-state index in [1.807, 2.05) is 0 Å². The van der Waals surface area contributed by atoms with Gasteiger partial charge in [0.2, 0.25) is 0 Å². The van der Waals surface area contributed by atoms with Crippen molar-refractivity contribution >= 4 is 17.9 Å². The first-order valence-electron chi connectivity index (χ1n) is 17.8. The number of hydrogen-bond acceptors (Lipinski definition) is 6. The predicted octanol–water partition coefficient (Wildman–Crippen LogP) is 10.6. The van der Waals surface area contributed by atoms with Crippen LogP contribution in [0, 0.1) is 0 Å². The maximum atomic E-state index is 12.4. The van der Waals surface area contributed by atoms with Crippen LogP contribution in [0.3, 0.4) is 0 Å². The molecule has 0 aliphatic heterocycles. The van der Waals surface area contributed by atoms with Crippen LogP contribution in [0.2, 0.25) is 0 Å². The zero-order chi connectivity index (χ0) is 33.1. The first-order chi connectivity index (χ1) is 22.0. The first kappa shape index (κ1) is 42.1. The topological polar surface area (TPSA) is 78.9 Å². The monoisotopic (exact) mass is 628 g/mol. The van der Waals surface area contributed by atoms with Crippen LogP contribution >= 0.6 is 0 Å². The van der Waals surface area contributed by atoms with Gasteiger partial charge < -0.3 is 14.2 Å². The zero-order valence-corrected chi connectivity index (χ0v) is 28.9. The van der Waals surface area contributed by atoms with Gasteiger partial charge in [0.05, 0.1) is 0 Å². The number of unbranched alkanes of at least 4 members (excludes halogenated alkanes) is 9. The predicted molar refractivity (Wildman–Crippen MR) is 187 cm³/mol. The van der Waals surface area contributed by atoms with E-state index in [-0.39, 0.29) is 37.5 Å². The molecular formula is C39H64O6. The summed E-state index contributed by atoms with van der Waals surface area (Å²) in [7, 11) is 0. The summed E-state index contributed by atoms with van der Waals surface area (Å²) in [6.45, 7) is 6.25. The van der Waals surface area contributed by atoms with Crippen LogP contribution in [0.4, 0.5) is 0 Å². The molecule has 0 bridgehead atoms. The van der Waals surface area contributed by atoms with Gasteiger partial charge in [-0.25, -0.2) is 0 Å². The molecule has 0 fully saturated rings. The molecule has 0 amide bonds. The fourth-order valence-electron chi connectivity index (χ4n) is 4.36. The third kappa shape index (κ3) is 32.3. The van der Waals surface area contributed by atoms with E-state index in [2.05, 4.69) is 81.5 Å². The van der Waals surface area contributed by atoms with E-state index in [0.29, 0.717) is 19.3 Å². The highest BCUT2D eigenvalue weighted by Gasteiger charge is 2.19. The van der Waals surface area contributed by atoms with Gasteiger partial charge in [0, 0.05) is 19.3 Å². The quantitative estimate of drug-likeness (QED) is 0.0341. The summed E-state index contributed by atoms with van der Waals surface area (Å²) in [6, 6.07) is 0. The summed E-state index contributed by atoms with van der Waals surface area (Å²) in [6.07, 6.45) is 38.4. The van der Waals surface area contributed by atoms with Crippen molar-refractivity contribution in [3.63, 3.8) is 0 Å². The molecule has 1 unspecified atom stereocenters. The Bertz CT molecular complexity index is 867. The normalized spacial score (nSPS) is 12.7. The van der Waals surface area contributed by atoms with Crippen molar-refractivity contribution < 1.29 is 28.6 Å². The van der Waals surface area contributed by atoms with Gasteiger partial charge in [-0.05, 0) is 57.8 Å². The van der Waals surface area contributed by atoms with Crippen LogP contribution in [0.15, 0.2) is 60.8 Å². The molecule has 0 heterocycles. The van der Waals surface area contributed by atoms with Crippen LogP contribution in [0.1, 0.15) is 149 Å². The summed E-state index contributed by atoms with van der Waals surface area (Å²) in [5.41, 5.74) is 0. The minimum atomic E-state index is -0.785. The Balaban J connectivity index is 4.30. The zero-order valence-electron chi connectivity index (χ0n) is 28.9. The molecule has 0 N–H and O–H groups in total. The van der Waals surface area contributed by atoms with Gasteiger partial charge in [-0.15, -0.1) is 0 Å². The molecule has 0 spiro atoms. The molecule has 1 atom stereocenters. The number of hydrogen-bond donors (Lipinski definition) is 0. The molecule has 0 saturated carbocycles. The molecule has 0 aliphatic carbocycles. The van der Waals surface area contributed by atoms with Crippen LogP contribution in [-0.4, -0.2) is 37.2 Å². The average molecular weight is 629 g/mol. The number of carbonyl (C=O) groups excluding carboxylic acids is 3. The molecule has 0 aromatic rings. The Labute approximate surface area is 275 Å². The van der Waals surface area contributed by atoms with Crippen molar-refractivity contribution in [3.05, 3.63) is 60.8 Å². The van der Waals surface area contributed by atoms with E-state index in [9.17, 15) is 14.4 Å². The smallest absolute Gasteiger partial charge is 0.306 e. The molecule has 0 rings (SSSR count). The van der Waals surface area contributed by atoms with E-state index in [1.54, 1.807) is 0 Å². The fraction of sp³-hybridized carbons (Fsp3) is 0.667. The van der Waals surface area contributed by atoms with Crippen LogP contribution in [0.25, 0.3) is 0 Å². The fourth-order valence-corrected chi connectivity index (χ4v) is 4.36. The highest BCUT2D eigenvalue weighted by molar-refractivity contribution is 5.71. The molecule has 0 aromatic heterocycles. The average Bonchev–Trinajstić information content (AvgIpc) is 3.03. The molecule has 45 heavy (non-hydrogen) atoms. The minimum Gasteiger partial charge on any atom is -0.462 e. The number of allylic oxidation sites excluding steroid dienone is 10. The van der Waals surface area contributed by atoms with Gasteiger partial charge in [-0.1, -0.05) is 133 Å². The van der Waals surface area contributed by atoms with Gasteiger partial charge in [0.1, 0.15) is 13.2 Å². The van der Waals surface area contributed by atoms with Crippen molar-refractivity contribution in [3.8, 4) is 0 Å². The Kier molecular flexibility index (Phi) is 31.8. The Morgan fingerprint density at radius 3 is 1.33 bits per heavy atom. The Hall–Kier alpha value is -2.89. The van der Waals surface area contributed by atoms with E-state index in [1.165, 1.54) is 6.42 Å². The maximum absolute atomic E-state index is 12.4. The minimum absolute atomic E-state index is 0.0946. The lowest BCUT2D eigenvalue weighted by atomic mass is 10.1. The van der Waals surface area contributed by atoms with Gasteiger partial charge in [0.25, 0.3) is 0 Å². The lowest BCUT2D eigenvalue weighted by molar-refractivity contribution is -0.167. The van der Waals surface area contributed by atoms with E-state index < -0.39 is 6.10 Å². The Morgan fingerprint density at radius 2 is 0.867 bits per heavy atom. The van der Waals surface area contributed by atoms with Gasteiger partial charge in [-0.3, -0.25) is 14.4 Å². The van der Waals surface area contributed by atoms with Gasteiger partial charge in [0.15, 0.2) is 6.10 Å². The third-order valence-electron chi connectivity index (χ3n) is 7.04. The van der Waals surface area contributed by atoms with E-state index in [0.717, 1.165) is 96.3 Å². The van der Waals surface area contributed by atoms with Crippen LogP contribution in [-0.2, 0) is 28.6 Å². The number of carbonyl (C=O) groups is 3. The number of esters is 3. The summed E-state index contributed by atoms with van der Waals surface area (Å²) >= 11 is 0. The number of ether oxygens (including phenoxy) is 3. The molecule has 6 nitrogen and oxygen atoms in total. The van der Waals surface area contributed by atoms with E-state index in [4.69, 9.17) is 14.2 Å². The van der Waals surface area contributed by atoms with Crippen LogP contribution in [0.5, 0.6) is 0 Å². The lowest BCUT2D eigenvalue weighted by Crippen LogP contribution is -2.30. The van der Waals surface area contributed by atoms with Crippen molar-refractivity contribution in [1.29, 1.82) is 0 Å². The standard InChI is InChI=1S/C39H64O6/c1-4-7-10-13-14-15-16-17-18-19-20-21-22-23-24-27-29-32-38(41)44-35-36(45-39(42)33-30-26-12-9-6-3)34-43-37(40)31-28-25-11-8-5-2/h7,10,14-15,17-18,20-21,23-24,36H,4-6,8-9,11-13,16,19,22,25-35H2,1-3H3/b10-7-,15-14-,18-17-,21-20-,24-23-. The summed E-state index contributed by atoms with van der Waals surface area (Å²) in [5.74, 6) is -0.998.